The summed E-state index contributed by atoms with van der Waals surface area (Å²) in [5, 5.41) is 10.6. The van der Waals surface area contributed by atoms with Gasteiger partial charge < -0.3 is 19.5 Å². The van der Waals surface area contributed by atoms with Gasteiger partial charge in [-0.3, -0.25) is 0 Å². The third-order valence-corrected chi connectivity index (χ3v) is 3.66. The largest absolute Gasteiger partial charge is 0.496 e. The maximum absolute atomic E-state index is 10.6. The Morgan fingerprint density at radius 1 is 1.42 bits per heavy atom. The molecule has 1 heterocycles. The van der Waals surface area contributed by atoms with E-state index in [2.05, 4.69) is 11.0 Å². The van der Waals surface area contributed by atoms with Crippen molar-refractivity contribution >= 4 is 0 Å². The zero-order chi connectivity index (χ0) is 14.0. The third-order valence-electron chi connectivity index (χ3n) is 3.66. The van der Waals surface area contributed by atoms with Gasteiger partial charge in [0.05, 0.1) is 13.7 Å². The number of methoxy groups -OCH3 is 1. The first-order valence-electron chi connectivity index (χ1n) is 6.66. The number of ether oxygens (including phenoxy) is 2. The predicted molar refractivity (Wildman–Crippen MR) is 74.7 cm³/mol. The lowest BCUT2D eigenvalue weighted by Gasteiger charge is -2.34. The number of aliphatic hydroxyl groups excluding tert-OH is 1. The molecule has 0 amide bonds. The van der Waals surface area contributed by atoms with Crippen molar-refractivity contribution < 1.29 is 14.6 Å². The molecule has 1 saturated heterocycles. The van der Waals surface area contributed by atoms with E-state index in [1.807, 2.05) is 27.0 Å². The normalized spacial score (nSPS) is 22.3. The molecule has 106 valence electrons. The molecular weight excluding hydrogens is 242 g/mol. The van der Waals surface area contributed by atoms with Crippen LogP contribution in [0.4, 0.5) is 0 Å². The highest BCUT2D eigenvalue weighted by Gasteiger charge is 2.29. The van der Waals surface area contributed by atoms with Crippen LogP contribution in [0.3, 0.4) is 0 Å². The summed E-state index contributed by atoms with van der Waals surface area (Å²) in [5.74, 6) is 0.738. The van der Waals surface area contributed by atoms with Crippen molar-refractivity contribution in [3.05, 3.63) is 28.8 Å². The van der Waals surface area contributed by atoms with Crippen LogP contribution in [0.15, 0.2) is 12.1 Å². The number of benzene rings is 1. The van der Waals surface area contributed by atoms with E-state index in [0.717, 1.165) is 35.5 Å². The summed E-state index contributed by atoms with van der Waals surface area (Å²) in [6.45, 7) is 6.33. The summed E-state index contributed by atoms with van der Waals surface area (Å²) >= 11 is 0. The van der Waals surface area contributed by atoms with Gasteiger partial charge in [-0.15, -0.1) is 0 Å². The molecule has 1 aromatic carbocycles. The molecule has 19 heavy (non-hydrogen) atoms. The second kappa shape index (κ2) is 5.90. The summed E-state index contributed by atoms with van der Waals surface area (Å²) in [5.41, 5.74) is 3.02. The summed E-state index contributed by atoms with van der Waals surface area (Å²) in [4.78, 5) is 2.17. The minimum atomic E-state index is -0.654. The van der Waals surface area contributed by atoms with Gasteiger partial charge in [0.2, 0.25) is 0 Å². The molecule has 1 aromatic rings. The van der Waals surface area contributed by atoms with Gasteiger partial charge in [-0.2, -0.15) is 0 Å². The van der Waals surface area contributed by atoms with E-state index >= 15 is 0 Å². The van der Waals surface area contributed by atoms with Crippen LogP contribution >= 0.6 is 0 Å². The Morgan fingerprint density at radius 2 is 2.16 bits per heavy atom. The average Bonchev–Trinajstić information content (AvgIpc) is 2.37. The Hall–Kier alpha value is -1.10. The molecule has 2 atom stereocenters. The number of nitrogens with zero attached hydrogens (tertiary/aromatic N) is 1. The van der Waals surface area contributed by atoms with Crippen LogP contribution in [-0.4, -0.2) is 50.0 Å². The first-order valence-corrected chi connectivity index (χ1v) is 6.66. The Bertz CT molecular complexity index is 447. The van der Waals surface area contributed by atoms with Crippen LogP contribution in [0.2, 0.25) is 0 Å². The fourth-order valence-corrected chi connectivity index (χ4v) is 2.68. The monoisotopic (exact) mass is 265 g/mol. The number of hydrogen-bond acceptors (Lipinski definition) is 4. The molecule has 0 radical (unpaired) electrons. The predicted octanol–water partition coefficient (Wildman–Crippen LogP) is 1.68. The van der Waals surface area contributed by atoms with E-state index in [1.54, 1.807) is 7.11 Å². The fourth-order valence-electron chi connectivity index (χ4n) is 2.68. The zero-order valence-corrected chi connectivity index (χ0v) is 12.1. The summed E-state index contributed by atoms with van der Waals surface area (Å²) in [6, 6.07) is 4.02. The molecule has 2 rings (SSSR count). The molecule has 1 fully saturated rings. The van der Waals surface area contributed by atoms with Crippen molar-refractivity contribution in [2.24, 2.45) is 0 Å². The van der Waals surface area contributed by atoms with Crippen molar-refractivity contribution in [3.63, 3.8) is 0 Å². The van der Waals surface area contributed by atoms with Crippen LogP contribution in [-0.2, 0) is 4.74 Å². The van der Waals surface area contributed by atoms with E-state index in [9.17, 15) is 5.11 Å². The van der Waals surface area contributed by atoms with Gasteiger partial charge in [0.15, 0.2) is 0 Å². The van der Waals surface area contributed by atoms with Gasteiger partial charge in [-0.1, -0.05) is 6.07 Å². The number of rotatable bonds is 3. The maximum Gasteiger partial charge on any atom is 0.125 e. The molecule has 4 heteroatoms. The third kappa shape index (κ3) is 3.08. The van der Waals surface area contributed by atoms with E-state index in [-0.39, 0.29) is 6.10 Å². The average molecular weight is 265 g/mol. The lowest BCUT2D eigenvalue weighted by molar-refractivity contribution is -0.0851. The number of aryl methyl sites for hydroxylation is 2. The minimum Gasteiger partial charge on any atom is -0.496 e. The smallest absolute Gasteiger partial charge is 0.125 e. The number of hydrogen-bond donors (Lipinski definition) is 1. The minimum absolute atomic E-state index is 0.200. The fraction of sp³-hybridized carbons (Fsp3) is 0.600. The highest BCUT2D eigenvalue weighted by Crippen LogP contribution is 2.33. The van der Waals surface area contributed by atoms with Gasteiger partial charge in [0.25, 0.3) is 0 Å². The number of aliphatic hydroxyl groups is 1. The molecule has 1 aliphatic heterocycles. The second-order valence-corrected chi connectivity index (χ2v) is 5.31. The first kappa shape index (κ1) is 14.3. The van der Waals surface area contributed by atoms with Crippen molar-refractivity contribution in [2.45, 2.75) is 26.1 Å². The Morgan fingerprint density at radius 3 is 2.79 bits per heavy atom. The van der Waals surface area contributed by atoms with Crippen LogP contribution in [0.25, 0.3) is 0 Å². The van der Waals surface area contributed by atoms with Gasteiger partial charge >= 0.3 is 0 Å². The highest BCUT2D eigenvalue weighted by molar-refractivity contribution is 5.44. The van der Waals surface area contributed by atoms with Gasteiger partial charge in [0.1, 0.15) is 18.0 Å². The van der Waals surface area contributed by atoms with Crippen molar-refractivity contribution in [2.75, 3.05) is 33.9 Å². The molecule has 4 nitrogen and oxygen atoms in total. The molecule has 0 bridgehead atoms. The number of likely N-dealkylation sites (N-methyl/N-ethyl adjacent to an activating group) is 1. The van der Waals surface area contributed by atoms with Crippen LogP contribution < -0.4 is 4.74 Å². The van der Waals surface area contributed by atoms with Crippen LogP contribution in [0.1, 0.15) is 22.8 Å². The van der Waals surface area contributed by atoms with Crippen LogP contribution in [0, 0.1) is 13.8 Å². The molecule has 0 aliphatic carbocycles. The van der Waals surface area contributed by atoms with Gasteiger partial charge in [0, 0.05) is 18.7 Å². The molecule has 0 aromatic heterocycles. The topological polar surface area (TPSA) is 41.9 Å². The SMILES string of the molecule is COc1cc(C)cc(C)c1C(O)C1CN(C)CCO1. The summed E-state index contributed by atoms with van der Waals surface area (Å²) in [7, 11) is 3.68. The van der Waals surface area contributed by atoms with Crippen molar-refractivity contribution in [3.8, 4) is 5.75 Å². The molecule has 0 spiro atoms. The molecule has 1 N–H and O–H groups in total. The van der Waals surface area contributed by atoms with Crippen molar-refractivity contribution in [1.29, 1.82) is 0 Å². The highest BCUT2D eigenvalue weighted by atomic mass is 16.5. The summed E-state index contributed by atoms with van der Waals surface area (Å²) in [6.07, 6.45) is -0.854. The lowest BCUT2D eigenvalue weighted by atomic mass is 9.95. The van der Waals surface area contributed by atoms with E-state index in [4.69, 9.17) is 9.47 Å². The Balaban J connectivity index is 2.29. The van der Waals surface area contributed by atoms with E-state index < -0.39 is 6.10 Å². The van der Waals surface area contributed by atoms with Crippen molar-refractivity contribution in [1.82, 2.24) is 4.90 Å². The Labute approximate surface area is 114 Å². The standard InChI is InChI=1S/C15H23NO3/c1-10-7-11(2)14(12(8-10)18-4)15(17)13-9-16(3)5-6-19-13/h7-8,13,15,17H,5-6,9H2,1-4H3. The maximum atomic E-state index is 10.6. The quantitative estimate of drug-likeness (QED) is 0.903. The lowest BCUT2D eigenvalue weighted by Crippen LogP contribution is -2.43. The molecule has 1 aliphatic rings. The molecule has 2 unspecified atom stereocenters. The molecular formula is C15H23NO3. The second-order valence-electron chi connectivity index (χ2n) is 5.31. The van der Waals surface area contributed by atoms with Crippen LogP contribution in [0.5, 0.6) is 5.75 Å². The van der Waals surface area contributed by atoms with E-state index in [1.165, 1.54) is 0 Å². The van der Waals surface area contributed by atoms with Gasteiger partial charge in [-0.05, 0) is 38.1 Å². The molecule has 0 saturated carbocycles. The zero-order valence-electron chi connectivity index (χ0n) is 12.1. The Kier molecular flexibility index (Phi) is 4.45. The summed E-state index contributed by atoms with van der Waals surface area (Å²) < 4.78 is 11.1. The van der Waals surface area contributed by atoms with E-state index in [0.29, 0.717) is 6.61 Å². The number of morpholine rings is 1. The van der Waals surface area contributed by atoms with Gasteiger partial charge in [-0.25, -0.2) is 0 Å². The first-order chi connectivity index (χ1) is 9.02.